The summed E-state index contributed by atoms with van der Waals surface area (Å²) in [6.07, 6.45) is 0.245. The molecule has 0 spiro atoms. The zero-order valence-corrected chi connectivity index (χ0v) is 6.00. The first-order chi connectivity index (χ1) is 4.24. The van der Waals surface area contributed by atoms with Crippen LogP contribution < -0.4 is 5.73 Å². The van der Waals surface area contributed by atoms with Gasteiger partial charge >= 0.3 is 0 Å². The molecular formula is C6H14N2O. The Bertz CT molecular complexity index is 97.1. The number of methoxy groups -OCH3 is 1. The van der Waals surface area contributed by atoms with E-state index >= 15 is 0 Å². The summed E-state index contributed by atoms with van der Waals surface area (Å²) in [4.78, 5) is 2.18. The molecule has 1 rings (SSSR count). The predicted molar refractivity (Wildman–Crippen MR) is 36.3 cm³/mol. The van der Waals surface area contributed by atoms with Gasteiger partial charge in [-0.05, 0) is 7.05 Å². The minimum Gasteiger partial charge on any atom is -0.378 e. The molecule has 2 atom stereocenters. The fraction of sp³-hybridized carbons (Fsp3) is 1.00. The summed E-state index contributed by atoms with van der Waals surface area (Å²) >= 11 is 0. The van der Waals surface area contributed by atoms with Gasteiger partial charge < -0.3 is 15.4 Å². The maximum atomic E-state index is 5.71. The Hall–Kier alpha value is -0.120. The molecule has 0 radical (unpaired) electrons. The second kappa shape index (κ2) is 2.64. The lowest BCUT2D eigenvalue weighted by atomic mass is 10.2. The Kier molecular flexibility index (Phi) is 2.05. The van der Waals surface area contributed by atoms with Crippen LogP contribution in [0.5, 0.6) is 0 Å². The Balaban J connectivity index is 2.38. The monoisotopic (exact) mass is 130 g/mol. The largest absolute Gasteiger partial charge is 0.378 e. The highest BCUT2D eigenvalue weighted by atomic mass is 16.5. The van der Waals surface area contributed by atoms with Crippen LogP contribution in [-0.2, 0) is 4.74 Å². The van der Waals surface area contributed by atoms with Gasteiger partial charge in [0.2, 0.25) is 0 Å². The van der Waals surface area contributed by atoms with Crippen LogP contribution in [0.4, 0.5) is 0 Å². The number of likely N-dealkylation sites (N-methyl/N-ethyl adjacent to an activating group) is 1. The molecule has 2 N–H and O–H groups in total. The lowest BCUT2D eigenvalue weighted by Gasteiger charge is -2.10. The summed E-state index contributed by atoms with van der Waals surface area (Å²) in [5, 5.41) is 0. The maximum Gasteiger partial charge on any atom is 0.0861 e. The normalized spacial score (nSPS) is 37.7. The molecule has 0 bridgehead atoms. The van der Waals surface area contributed by atoms with E-state index in [-0.39, 0.29) is 12.1 Å². The zero-order valence-electron chi connectivity index (χ0n) is 6.00. The van der Waals surface area contributed by atoms with Crippen molar-refractivity contribution in [2.45, 2.75) is 12.1 Å². The molecule has 54 valence electrons. The number of hydrogen-bond donors (Lipinski definition) is 1. The molecule has 3 nitrogen and oxygen atoms in total. The van der Waals surface area contributed by atoms with Gasteiger partial charge in [-0.15, -0.1) is 0 Å². The van der Waals surface area contributed by atoms with E-state index in [1.807, 2.05) is 0 Å². The first kappa shape index (κ1) is 6.99. The van der Waals surface area contributed by atoms with Gasteiger partial charge in [-0.1, -0.05) is 0 Å². The number of likely N-dealkylation sites (tertiary alicyclic amines) is 1. The molecule has 0 aliphatic carbocycles. The zero-order chi connectivity index (χ0) is 6.85. The number of nitrogens with zero attached hydrogens (tertiary/aromatic N) is 1. The number of hydrogen-bond acceptors (Lipinski definition) is 3. The molecular weight excluding hydrogens is 116 g/mol. The summed E-state index contributed by atoms with van der Waals surface area (Å²) < 4.78 is 5.13. The van der Waals surface area contributed by atoms with Gasteiger partial charge in [0, 0.05) is 26.2 Å². The van der Waals surface area contributed by atoms with Crippen LogP contribution in [0.15, 0.2) is 0 Å². The topological polar surface area (TPSA) is 38.5 Å². The van der Waals surface area contributed by atoms with E-state index in [1.54, 1.807) is 7.11 Å². The van der Waals surface area contributed by atoms with Gasteiger partial charge in [0.05, 0.1) is 6.10 Å². The fourth-order valence-electron chi connectivity index (χ4n) is 1.24. The van der Waals surface area contributed by atoms with Crippen LogP contribution in [0.3, 0.4) is 0 Å². The summed E-state index contributed by atoms with van der Waals surface area (Å²) in [7, 11) is 3.77. The van der Waals surface area contributed by atoms with Crippen molar-refractivity contribution in [3.63, 3.8) is 0 Å². The lowest BCUT2D eigenvalue weighted by molar-refractivity contribution is 0.100. The second-order valence-corrected chi connectivity index (χ2v) is 2.66. The van der Waals surface area contributed by atoms with Gasteiger partial charge in [-0.3, -0.25) is 0 Å². The molecule has 0 saturated carbocycles. The molecule has 1 aliphatic heterocycles. The van der Waals surface area contributed by atoms with Crippen molar-refractivity contribution in [2.75, 3.05) is 27.2 Å². The molecule has 1 unspecified atom stereocenters. The first-order valence-electron chi connectivity index (χ1n) is 3.21. The number of nitrogens with two attached hydrogens (primary N) is 1. The second-order valence-electron chi connectivity index (χ2n) is 2.66. The number of ether oxygens (including phenoxy) is 1. The number of rotatable bonds is 1. The van der Waals surface area contributed by atoms with Gasteiger partial charge in [-0.25, -0.2) is 0 Å². The third kappa shape index (κ3) is 1.41. The van der Waals surface area contributed by atoms with Crippen LogP contribution in [0, 0.1) is 0 Å². The molecule has 1 fully saturated rings. The summed E-state index contributed by atoms with van der Waals surface area (Å²) in [6, 6.07) is 0.208. The van der Waals surface area contributed by atoms with Crippen molar-refractivity contribution < 1.29 is 4.74 Å². The van der Waals surface area contributed by atoms with Crippen LogP contribution in [-0.4, -0.2) is 44.3 Å². The van der Waals surface area contributed by atoms with Crippen molar-refractivity contribution in [2.24, 2.45) is 5.73 Å². The van der Waals surface area contributed by atoms with E-state index in [9.17, 15) is 0 Å². The molecule has 1 saturated heterocycles. The standard InChI is InChI=1S/C6H14N2O/c1-8-3-5(7)6(4-8)9-2/h5-6H,3-4,7H2,1-2H3/t5-,6?/m1/s1. The molecule has 3 heteroatoms. The van der Waals surface area contributed by atoms with Crippen molar-refractivity contribution in [3.8, 4) is 0 Å². The van der Waals surface area contributed by atoms with E-state index in [1.165, 1.54) is 0 Å². The van der Waals surface area contributed by atoms with E-state index < -0.39 is 0 Å². The Labute approximate surface area is 55.8 Å². The highest BCUT2D eigenvalue weighted by molar-refractivity contribution is 4.85. The molecule has 1 heterocycles. The van der Waals surface area contributed by atoms with E-state index in [0.29, 0.717) is 0 Å². The third-order valence-electron chi connectivity index (χ3n) is 1.79. The maximum absolute atomic E-state index is 5.71. The minimum atomic E-state index is 0.208. The van der Waals surface area contributed by atoms with Gasteiger partial charge in [-0.2, -0.15) is 0 Å². The molecule has 0 aromatic heterocycles. The van der Waals surface area contributed by atoms with Crippen LogP contribution in [0.25, 0.3) is 0 Å². The molecule has 9 heavy (non-hydrogen) atoms. The highest BCUT2D eigenvalue weighted by Crippen LogP contribution is 2.07. The van der Waals surface area contributed by atoms with Crippen molar-refractivity contribution >= 4 is 0 Å². The van der Waals surface area contributed by atoms with E-state index in [0.717, 1.165) is 13.1 Å². The third-order valence-corrected chi connectivity index (χ3v) is 1.79. The van der Waals surface area contributed by atoms with Crippen molar-refractivity contribution in [1.29, 1.82) is 0 Å². The summed E-state index contributed by atoms with van der Waals surface area (Å²) in [5.41, 5.74) is 5.71. The average Bonchev–Trinajstić information content (AvgIpc) is 2.10. The van der Waals surface area contributed by atoms with Crippen LogP contribution in [0.1, 0.15) is 0 Å². The Morgan fingerprint density at radius 3 is 2.44 bits per heavy atom. The van der Waals surface area contributed by atoms with Crippen molar-refractivity contribution in [3.05, 3.63) is 0 Å². The quantitative estimate of drug-likeness (QED) is 0.509. The van der Waals surface area contributed by atoms with Crippen molar-refractivity contribution in [1.82, 2.24) is 4.90 Å². The Morgan fingerprint density at radius 1 is 1.56 bits per heavy atom. The molecule has 0 aromatic rings. The van der Waals surface area contributed by atoms with Gasteiger partial charge in [0.1, 0.15) is 0 Å². The Morgan fingerprint density at radius 2 is 2.22 bits per heavy atom. The SMILES string of the molecule is COC1CN(C)C[C@H]1N. The van der Waals surface area contributed by atoms with E-state index in [4.69, 9.17) is 10.5 Å². The van der Waals surface area contributed by atoms with Crippen LogP contribution in [0.2, 0.25) is 0 Å². The highest BCUT2D eigenvalue weighted by Gasteiger charge is 2.26. The van der Waals surface area contributed by atoms with Gasteiger partial charge in [0.15, 0.2) is 0 Å². The van der Waals surface area contributed by atoms with E-state index in [2.05, 4.69) is 11.9 Å². The fourth-order valence-corrected chi connectivity index (χ4v) is 1.24. The van der Waals surface area contributed by atoms with Gasteiger partial charge in [0.25, 0.3) is 0 Å². The molecule has 0 amide bonds. The average molecular weight is 130 g/mol. The summed E-state index contributed by atoms with van der Waals surface area (Å²) in [6.45, 7) is 1.93. The smallest absolute Gasteiger partial charge is 0.0861 e. The first-order valence-corrected chi connectivity index (χ1v) is 3.21. The predicted octanol–water partition coefficient (Wildman–Crippen LogP) is -0.726. The minimum absolute atomic E-state index is 0.208. The molecule has 0 aromatic carbocycles. The summed E-state index contributed by atoms with van der Waals surface area (Å²) in [5.74, 6) is 0. The lowest BCUT2D eigenvalue weighted by Crippen LogP contribution is -2.34. The molecule has 1 aliphatic rings. The van der Waals surface area contributed by atoms with Crippen LogP contribution >= 0.6 is 0 Å².